The average molecular weight is 383 g/mol. The number of β-lactam (4-membered cyclic amide) rings is 1. The van der Waals surface area contributed by atoms with Gasteiger partial charge in [-0.2, -0.15) is 0 Å². The van der Waals surface area contributed by atoms with Gasteiger partial charge in [0.2, 0.25) is 5.91 Å². The number of hydrogen-bond acceptors (Lipinski definition) is 7. The van der Waals surface area contributed by atoms with Crippen LogP contribution in [-0.2, 0) is 28.6 Å². The fourth-order valence-corrected chi connectivity index (χ4v) is 3.68. The molecule has 3 aliphatic heterocycles. The van der Waals surface area contributed by atoms with Crippen molar-refractivity contribution in [3.8, 4) is 0 Å². The molecule has 3 heterocycles. The summed E-state index contributed by atoms with van der Waals surface area (Å²) in [6.07, 6.45) is 4.31. The average Bonchev–Trinajstić information content (AvgIpc) is 3.24. The summed E-state index contributed by atoms with van der Waals surface area (Å²) >= 11 is 0. The second-order valence-electron chi connectivity index (χ2n) is 6.60. The summed E-state index contributed by atoms with van der Waals surface area (Å²) in [7, 11) is 1.28. The highest BCUT2D eigenvalue weighted by Crippen LogP contribution is 2.41. The number of allylic oxidation sites excluding steroid dienone is 1. The highest BCUT2D eigenvalue weighted by molar-refractivity contribution is 6.00. The third kappa shape index (κ3) is 2.87. The van der Waals surface area contributed by atoms with Gasteiger partial charge in [-0.1, -0.05) is 30.4 Å². The maximum atomic E-state index is 12.6. The largest absolute Gasteiger partial charge is 0.466 e. The number of fused-ring (bicyclic) bond motifs is 2. The Morgan fingerprint density at radius 2 is 2.07 bits per heavy atom. The molecule has 3 aliphatic rings. The summed E-state index contributed by atoms with van der Waals surface area (Å²) in [5.74, 6) is -2.25. The molecule has 4 rings (SSSR count). The van der Waals surface area contributed by atoms with E-state index in [1.165, 1.54) is 18.1 Å². The number of carbonyl (C=O) groups excluding carboxylic acids is 4. The van der Waals surface area contributed by atoms with Crippen molar-refractivity contribution in [1.82, 2.24) is 4.90 Å². The topological polar surface area (TPSA) is 99.2 Å². The summed E-state index contributed by atoms with van der Waals surface area (Å²) in [5.41, 5.74) is 0.997. The van der Waals surface area contributed by atoms with Crippen LogP contribution in [0.3, 0.4) is 0 Å². The van der Waals surface area contributed by atoms with Gasteiger partial charge in [-0.3, -0.25) is 4.79 Å². The van der Waals surface area contributed by atoms with Crippen LogP contribution in [0, 0.1) is 5.92 Å². The van der Waals surface area contributed by atoms with E-state index in [4.69, 9.17) is 9.47 Å². The van der Waals surface area contributed by atoms with Crippen molar-refractivity contribution in [1.29, 1.82) is 0 Å². The van der Waals surface area contributed by atoms with Crippen molar-refractivity contribution < 1.29 is 33.4 Å². The molecule has 0 aromatic heterocycles. The van der Waals surface area contributed by atoms with Gasteiger partial charge in [0, 0.05) is 11.6 Å². The second-order valence-corrected chi connectivity index (χ2v) is 6.60. The molecule has 1 fully saturated rings. The van der Waals surface area contributed by atoms with Gasteiger partial charge in [0.25, 0.3) is 6.29 Å². The fourth-order valence-electron chi connectivity index (χ4n) is 3.68. The number of rotatable bonds is 5. The van der Waals surface area contributed by atoms with Crippen molar-refractivity contribution >= 4 is 23.8 Å². The van der Waals surface area contributed by atoms with E-state index in [9.17, 15) is 19.2 Å². The predicted octanol–water partition coefficient (Wildman–Crippen LogP) is 1.63. The number of benzene rings is 1. The minimum Gasteiger partial charge on any atom is -0.466 e. The van der Waals surface area contributed by atoms with Gasteiger partial charge in [0.15, 0.2) is 0 Å². The number of cyclic esters (lactones) is 1. The maximum absolute atomic E-state index is 12.6. The molecule has 0 saturated carbocycles. The molecule has 0 aliphatic carbocycles. The fraction of sp³-hybridized carbons (Fsp3) is 0.300. The Hall–Kier alpha value is -3.42. The van der Waals surface area contributed by atoms with Crippen LogP contribution in [0.25, 0.3) is 0 Å². The number of hydrogen-bond donors (Lipinski definition) is 0. The first-order valence-electron chi connectivity index (χ1n) is 8.80. The van der Waals surface area contributed by atoms with Crippen molar-refractivity contribution in [2.24, 2.45) is 5.92 Å². The Kier molecular flexibility index (Phi) is 4.46. The predicted molar refractivity (Wildman–Crippen MR) is 93.3 cm³/mol. The molecular formula is C20H17NO7. The number of amides is 1. The molecule has 144 valence electrons. The minimum atomic E-state index is -1.12. The zero-order valence-corrected chi connectivity index (χ0v) is 15.0. The number of nitrogens with zero attached hydrogens (tertiary/aromatic N) is 1. The second kappa shape index (κ2) is 6.95. The molecule has 1 aromatic rings. The van der Waals surface area contributed by atoms with Gasteiger partial charge in [0.1, 0.15) is 5.70 Å². The van der Waals surface area contributed by atoms with Crippen molar-refractivity contribution in [3.63, 3.8) is 0 Å². The first-order chi connectivity index (χ1) is 13.5. The zero-order chi connectivity index (χ0) is 19.8. The van der Waals surface area contributed by atoms with E-state index in [0.29, 0.717) is 24.0 Å². The quantitative estimate of drug-likeness (QED) is 0.433. The third-order valence-electron chi connectivity index (χ3n) is 5.08. The molecule has 0 bridgehead atoms. The van der Waals surface area contributed by atoms with Gasteiger partial charge in [-0.25, -0.2) is 14.4 Å². The van der Waals surface area contributed by atoms with E-state index in [-0.39, 0.29) is 23.6 Å². The van der Waals surface area contributed by atoms with Crippen molar-refractivity contribution in [3.05, 3.63) is 59.3 Å². The third-order valence-corrected chi connectivity index (χ3v) is 5.08. The summed E-state index contributed by atoms with van der Waals surface area (Å²) in [5, 5.41) is 0. The first kappa shape index (κ1) is 18.0. The van der Waals surface area contributed by atoms with Gasteiger partial charge in [-0.15, -0.1) is 0 Å². The Balaban J connectivity index is 1.39. The van der Waals surface area contributed by atoms with Crippen LogP contribution >= 0.6 is 0 Å². The molecular weight excluding hydrogens is 366 g/mol. The van der Waals surface area contributed by atoms with Crippen LogP contribution in [0.5, 0.6) is 0 Å². The molecule has 3 atom stereocenters. The minimum absolute atomic E-state index is 0.143. The number of esters is 3. The summed E-state index contributed by atoms with van der Waals surface area (Å²) in [4.78, 5) is 49.3. The molecule has 8 nitrogen and oxygen atoms in total. The molecule has 0 N–H and O–H groups in total. The summed E-state index contributed by atoms with van der Waals surface area (Å²) in [6.45, 7) is 0. The highest BCUT2D eigenvalue weighted by Gasteiger charge is 2.52. The van der Waals surface area contributed by atoms with Crippen LogP contribution in [0.15, 0.2) is 48.2 Å². The van der Waals surface area contributed by atoms with E-state index >= 15 is 0 Å². The lowest BCUT2D eigenvalue weighted by Gasteiger charge is -2.43. The van der Waals surface area contributed by atoms with Gasteiger partial charge >= 0.3 is 17.9 Å². The lowest BCUT2D eigenvalue weighted by atomic mass is 9.85. The molecule has 0 spiro atoms. The lowest BCUT2D eigenvalue weighted by molar-refractivity contribution is -0.170. The van der Waals surface area contributed by atoms with Gasteiger partial charge in [0.05, 0.1) is 24.6 Å². The Morgan fingerprint density at radius 1 is 1.29 bits per heavy atom. The van der Waals surface area contributed by atoms with Crippen LogP contribution < -0.4 is 0 Å². The van der Waals surface area contributed by atoms with E-state index < -0.39 is 24.2 Å². The smallest absolute Gasteiger partial charge is 0.358 e. The maximum Gasteiger partial charge on any atom is 0.358 e. The Bertz CT molecular complexity index is 932. The monoisotopic (exact) mass is 383 g/mol. The Labute approximate surface area is 160 Å². The standard InChI is InChI=1S/C20H17NO7/c1-26-16(22)8-4-7-13-14-9-10-15(21(14)17(13)23)19(25)28-20-12-6-3-2-5-11(12)18(24)27-20/h2-6,8,10,13-14,20H,7,9H2,1H3. The molecule has 1 saturated heterocycles. The number of ether oxygens (including phenoxy) is 3. The molecule has 1 aromatic carbocycles. The first-order valence-corrected chi connectivity index (χ1v) is 8.80. The zero-order valence-electron chi connectivity index (χ0n) is 15.0. The van der Waals surface area contributed by atoms with E-state index in [1.54, 1.807) is 36.4 Å². The molecule has 1 amide bonds. The van der Waals surface area contributed by atoms with Gasteiger partial charge in [-0.05, 0) is 18.9 Å². The molecule has 0 radical (unpaired) electrons. The molecule has 3 unspecified atom stereocenters. The molecule has 8 heteroatoms. The number of carbonyl (C=O) groups is 4. The van der Waals surface area contributed by atoms with Crippen LogP contribution in [0.4, 0.5) is 0 Å². The summed E-state index contributed by atoms with van der Waals surface area (Å²) < 4.78 is 15.0. The van der Waals surface area contributed by atoms with E-state index in [2.05, 4.69) is 4.74 Å². The van der Waals surface area contributed by atoms with Crippen LogP contribution in [0.2, 0.25) is 0 Å². The van der Waals surface area contributed by atoms with E-state index in [0.717, 1.165) is 0 Å². The Morgan fingerprint density at radius 3 is 2.86 bits per heavy atom. The number of methoxy groups -OCH3 is 1. The lowest BCUT2D eigenvalue weighted by Crippen LogP contribution is -2.58. The van der Waals surface area contributed by atoms with Gasteiger partial charge < -0.3 is 19.1 Å². The van der Waals surface area contributed by atoms with E-state index in [1.807, 2.05) is 0 Å². The van der Waals surface area contributed by atoms with Crippen LogP contribution in [-0.4, -0.2) is 41.9 Å². The van der Waals surface area contributed by atoms with Crippen LogP contribution in [0.1, 0.15) is 35.1 Å². The van der Waals surface area contributed by atoms with Crippen molar-refractivity contribution in [2.75, 3.05) is 7.11 Å². The van der Waals surface area contributed by atoms with Crippen molar-refractivity contribution in [2.45, 2.75) is 25.2 Å². The summed E-state index contributed by atoms with van der Waals surface area (Å²) in [6, 6.07) is 6.53. The molecule has 28 heavy (non-hydrogen) atoms. The normalized spacial score (nSPS) is 25.0. The highest BCUT2D eigenvalue weighted by atomic mass is 16.7. The SMILES string of the molecule is COC(=O)C=CCC1C(=O)N2C(C(=O)OC3OC(=O)c4ccccc43)=CCC12.